The molecule has 0 saturated carbocycles. The number of hydrogen-bond acceptors (Lipinski definition) is 8. The molecule has 0 N–H and O–H groups in total. The van der Waals surface area contributed by atoms with Gasteiger partial charge in [-0.3, -0.25) is 0 Å². The third-order valence-corrected chi connectivity index (χ3v) is 23.8. The van der Waals surface area contributed by atoms with Gasteiger partial charge in [-0.2, -0.15) is 0 Å². The first-order valence-corrected chi connectivity index (χ1v) is 39.2. The normalized spacial score (nSPS) is 11.6. The van der Waals surface area contributed by atoms with Crippen LogP contribution in [0.15, 0.2) is 388 Å². The maximum atomic E-state index is 5.10. The largest absolute Gasteiger partial charge is 0.309 e. The maximum absolute atomic E-state index is 5.10. The minimum Gasteiger partial charge on any atom is -0.309 e. The second-order valence-electron chi connectivity index (χ2n) is 28.0. The molecule has 0 aliphatic carbocycles. The lowest BCUT2D eigenvalue weighted by molar-refractivity contribution is 1.07. The van der Waals surface area contributed by atoms with Gasteiger partial charge in [-0.05, 0) is 106 Å². The molecule has 0 amide bonds. The van der Waals surface area contributed by atoms with Crippen LogP contribution in [0.1, 0.15) is 0 Å². The fourth-order valence-corrected chi connectivity index (χ4v) is 18.5. The van der Waals surface area contributed by atoms with Crippen LogP contribution in [0.5, 0.6) is 0 Å². The summed E-state index contributed by atoms with van der Waals surface area (Å²) < 4.78 is 10.1. The van der Waals surface area contributed by atoms with E-state index in [9.17, 15) is 0 Å². The van der Waals surface area contributed by atoms with Crippen LogP contribution in [0.2, 0.25) is 0 Å². The maximum Gasteiger partial charge on any atom is 0.164 e. The molecular formula is C102H64N8S2. The number of hydrogen-bond donors (Lipinski definition) is 0. The average Bonchev–Trinajstić information content (AvgIpc) is 1.57. The van der Waals surface area contributed by atoms with Crippen LogP contribution in [0.25, 0.3) is 208 Å². The number of fused-ring (bicyclic) bond motifs is 12. The minimum absolute atomic E-state index is 0.623. The van der Waals surface area contributed by atoms with E-state index in [0.29, 0.717) is 34.9 Å². The topological polar surface area (TPSA) is 87.2 Å². The van der Waals surface area contributed by atoms with Crippen molar-refractivity contribution in [1.82, 2.24) is 39.0 Å². The van der Waals surface area contributed by atoms with E-state index in [2.05, 4.69) is 276 Å². The van der Waals surface area contributed by atoms with Crippen molar-refractivity contribution < 1.29 is 0 Å². The highest BCUT2D eigenvalue weighted by molar-refractivity contribution is 7.26. The summed E-state index contributed by atoms with van der Waals surface area (Å²) in [6, 6.07) is 137. The molecule has 0 saturated heterocycles. The van der Waals surface area contributed by atoms with Gasteiger partial charge in [0.05, 0.1) is 33.4 Å². The fraction of sp³-hybridized carbons (Fsp3) is 0. The van der Waals surface area contributed by atoms with E-state index < -0.39 is 0 Å². The zero-order valence-corrected chi connectivity index (χ0v) is 62.0. The van der Waals surface area contributed by atoms with Gasteiger partial charge < -0.3 is 9.13 Å². The Labute approximate surface area is 653 Å². The summed E-state index contributed by atoms with van der Waals surface area (Å²) in [7, 11) is 0. The molecule has 0 fully saturated rings. The molecule has 112 heavy (non-hydrogen) atoms. The molecule has 524 valence electrons. The van der Waals surface area contributed by atoms with Crippen molar-refractivity contribution in [3.05, 3.63) is 388 Å². The molecule has 6 aromatic heterocycles. The van der Waals surface area contributed by atoms with Crippen molar-refractivity contribution in [3.8, 4) is 124 Å². The minimum atomic E-state index is 0.623. The summed E-state index contributed by atoms with van der Waals surface area (Å²) in [5, 5.41) is 10.1. The van der Waals surface area contributed by atoms with Gasteiger partial charge in [0.1, 0.15) is 0 Å². The quantitative estimate of drug-likeness (QED) is 0.121. The third-order valence-electron chi connectivity index (χ3n) is 21.3. The number of nitrogens with zero attached hydrogens (tertiary/aromatic N) is 8. The predicted octanol–water partition coefficient (Wildman–Crippen LogP) is 27.3. The standard InChI is InChI=1S/2C51H32N4S/c1-4-15-33(16-5-1)38-29-27-37(51-53-49(34-17-6-2-7-18-34)52-50(54-51)35-19-8-3-9-20-35)32-46(38)55-44-25-12-10-21-40(44)43-31-36(28-30-45(43)55)39-23-14-24-42-41-22-11-13-26-47(41)56-48(39)42;1-4-15-33(16-5-1)42-32-37(51-53-49(34-17-6-2-7-18-34)52-50(54-51)35-19-8-3-9-20-35)28-30-45(42)55-44-25-12-10-21-39(44)43-31-36(27-29-46(43)55)38-23-14-24-41-40-22-11-13-26-47(40)56-48(38)41/h2*1-32H. The van der Waals surface area contributed by atoms with E-state index in [1.807, 2.05) is 144 Å². The molecule has 22 aromatic rings. The molecule has 8 nitrogen and oxygen atoms in total. The second-order valence-corrected chi connectivity index (χ2v) is 30.1. The highest BCUT2D eigenvalue weighted by Gasteiger charge is 2.24. The Hall–Kier alpha value is -14.4. The van der Waals surface area contributed by atoms with Crippen LogP contribution in [0.3, 0.4) is 0 Å². The molecular weight excluding hydrogens is 1400 g/mol. The van der Waals surface area contributed by atoms with Crippen molar-refractivity contribution in [2.75, 3.05) is 0 Å². The first kappa shape index (κ1) is 65.8. The third kappa shape index (κ3) is 11.8. The Morgan fingerprint density at radius 3 is 0.911 bits per heavy atom. The van der Waals surface area contributed by atoms with E-state index in [4.69, 9.17) is 29.9 Å². The molecule has 0 bridgehead atoms. The van der Waals surface area contributed by atoms with Crippen LogP contribution in [-0.4, -0.2) is 39.0 Å². The van der Waals surface area contributed by atoms with Crippen LogP contribution in [-0.2, 0) is 0 Å². The number of benzene rings is 16. The van der Waals surface area contributed by atoms with Crippen molar-refractivity contribution in [3.63, 3.8) is 0 Å². The molecule has 0 aliphatic heterocycles. The van der Waals surface area contributed by atoms with Crippen LogP contribution in [0.4, 0.5) is 0 Å². The number of thiophene rings is 2. The predicted molar refractivity (Wildman–Crippen MR) is 468 cm³/mol. The Bertz CT molecular complexity index is 7250. The molecule has 0 atom stereocenters. The van der Waals surface area contributed by atoms with Crippen molar-refractivity contribution >= 4 is 107 Å². The lowest BCUT2D eigenvalue weighted by Crippen LogP contribution is -2.02. The van der Waals surface area contributed by atoms with E-state index >= 15 is 0 Å². The second kappa shape index (κ2) is 28.0. The molecule has 0 spiro atoms. The molecule has 0 radical (unpaired) electrons. The van der Waals surface area contributed by atoms with Gasteiger partial charge in [-0.15, -0.1) is 22.7 Å². The van der Waals surface area contributed by atoms with Crippen molar-refractivity contribution in [2.24, 2.45) is 0 Å². The first-order chi connectivity index (χ1) is 55.5. The monoisotopic (exact) mass is 1460 g/mol. The van der Waals surface area contributed by atoms with E-state index in [-0.39, 0.29) is 0 Å². The fourth-order valence-electron chi connectivity index (χ4n) is 16.1. The van der Waals surface area contributed by atoms with E-state index in [1.54, 1.807) is 0 Å². The summed E-state index contributed by atoms with van der Waals surface area (Å²) in [4.78, 5) is 30.2. The number of para-hydroxylation sites is 2. The lowest BCUT2D eigenvalue weighted by atomic mass is 9.99. The van der Waals surface area contributed by atoms with E-state index in [1.165, 1.54) is 84.1 Å². The summed E-state index contributed by atoms with van der Waals surface area (Å²) in [5.74, 6) is 3.82. The Balaban J connectivity index is 0.000000141. The summed E-state index contributed by atoms with van der Waals surface area (Å²) in [6.07, 6.45) is 0. The molecule has 10 heteroatoms. The van der Waals surface area contributed by atoms with Crippen molar-refractivity contribution in [2.45, 2.75) is 0 Å². The molecule has 16 aromatic carbocycles. The molecule has 22 rings (SSSR count). The van der Waals surface area contributed by atoms with Gasteiger partial charge in [0.25, 0.3) is 0 Å². The highest BCUT2D eigenvalue weighted by atomic mass is 32.1. The van der Waals surface area contributed by atoms with Gasteiger partial charge in [0.2, 0.25) is 0 Å². The highest BCUT2D eigenvalue weighted by Crippen LogP contribution is 2.47. The van der Waals surface area contributed by atoms with Gasteiger partial charge in [-0.25, -0.2) is 29.9 Å². The average molecular weight is 1470 g/mol. The zero-order valence-electron chi connectivity index (χ0n) is 60.3. The number of aromatic nitrogens is 8. The van der Waals surface area contributed by atoms with Crippen LogP contribution >= 0.6 is 22.7 Å². The zero-order chi connectivity index (χ0) is 74.0. The molecule has 6 heterocycles. The molecule has 0 unspecified atom stereocenters. The first-order valence-electron chi connectivity index (χ1n) is 37.6. The van der Waals surface area contributed by atoms with Crippen LogP contribution in [0, 0.1) is 0 Å². The van der Waals surface area contributed by atoms with Crippen molar-refractivity contribution in [1.29, 1.82) is 0 Å². The van der Waals surface area contributed by atoms with Gasteiger partial charge in [0.15, 0.2) is 34.9 Å². The summed E-state index contributed by atoms with van der Waals surface area (Å²) in [5.41, 5.74) is 21.8. The van der Waals surface area contributed by atoms with Gasteiger partial charge in [-0.1, -0.05) is 315 Å². The number of rotatable bonds is 12. The Morgan fingerprint density at radius 1 is 0.170 bits per heavy atom. The van der Waals surface area contributed by atoms with Gasteiger partial charge in [0, 0.05) is 106 Å². The lowest BCUT2D eigenvalue weighted by Gasteiger charge is -2.16. The Morgan fingerprint density at radius 2 is 0.482 bits per heavy atom. The van der Waals surface area contributed by atoms with Gasteiger partial charge >= 0.3 is 0 Å². The summed E-state index contributed by atoms with van der Waals surface area (Å²) in [6.45, 7) is 0. The smallest absolute Gasteiger partial charge is 0.164 e. The van der Waals surface area contributed by atoms with Crippen LogP contribution < -0.4 is 0 Å². The summed E-state index contributed by atoms with van der Waals surface area (Å²) >= 11 is 3.74. The Kier molecular flexibility index (Phi) is 16.4. The van der Waals surface area contributed by atoms with E-state index in [0.717, 1.165) is 89.1 Å². The SMILES string of the molecule is c1ccc(-c2nc(-c3ccccc3)nc(-c3ccc(-c4ccccc4)c(-n4c5ccccc5c5cc(-c6cccc7c6sc6ccccc67)ccc54)c3)n2)cc1.c1ccc(-c2nc(-c3ccccc3)nc(-c3ccc(-n4c5ccccc5c5cc(-c6cccc7c6sc6ccccc67)ccc54)c(-c4ccccc4)c3)n2)cc1. The molecule has 0 aliphatic rings.